The van der Waals surface area contributed by atoms with Crippen LogP contribution in [0.3, 0.4) is 0 Å². The molecule has 5 nitrogen and oxygen atoms in total. The van der Waals surface area contributed by atoms with E-state index >= 15 is 0 Å². The van der Waals surface area contributed by atoms with Crippen LogP contribution in [0.2, 0.25) is 5.02 Å². The number of aromatic nitrogens is 2. The summed E-state index contributed by atoms with van der Waals surface area (Å²) in [5.74, 6) is -0.0746. The maximum Gasteiger partial charge on any atom is 0.267 e. The molecule has 0 spiro atoms. The van der Waals surface area contributed by atoms with Crippen LogP contribution >= 0.6 is 11.6 Å². The number of carbonyl (C=O) groups excluding carboxylic acids is 1. The molecule has 0 saturated carbocycles. The van der Waals surface area contributed by atoms with Crippen molar-refractivity contribution in [1.82, 2.24) is 15.1 Å². The Morgan fingerprint density at radius 2 is 1.90 bits per heavy atom. The van der Waals surface area contributed by atoms with E-state index in [0.717, 1.165) is 42.5 Å². The van der Waals surface area contributed by atoms with Crippen LogP contribution in [0.4, 0.5) is 0 Å². The molecule has 0 bridgehead atoms. The van der Waals surface area contributed by atoms with Crippen molar-refractivity contribution < 1.29 is 4.79 Å². The third-order valence-electron chi connectivity index (χ3n) is 5.88. The summed E-state index contributed by atoms with van der Waals surface area (Å²) in [5, 5.41) is 8.40. The van der Waals surface area contributed by atoms with Gasteiger partial charge in [-0.1, -0.05) is 37.1 Å². The highest BCUT2D eigenvalue weighted by Gasteiger charge is 2.31. The van der Waals surface area contributed by atoms with Crippen LogP contribution < -0.4 is 10.9 Å². The summed E-state index contributed by atoms with van der Waals surface area (Å²) in [6, 6.07) is 8.91. The number of carbonyl (C=O) groups is 1. The predicted molar refractivity (Wildman–Crippen MR) is 116 cm³/mol. The lowest BCUT2D eigenvalue weighted by atomic mass is 9.83. The molecule has 1 atom stereocenters. The number of hydrogen-bond acceptors (Lipinski definition) is 3. The Labute approximate surface area is 177 Å². The number of nitrogens with zero attached hydrogens (tertiary/aromatic N) is 2. The van der Waals surface area contributed by atoms with Gasteiger partial charge in [-0.05, 0) is 69.2 Å². The van der Waals surface area contributed by atoms with E-state index in [-0.39, 0.29) is 17.5 Å². The van der Waals surface area contributed by atoms with Gasteiger partial charge >= 0.3 is 0 Å². The fraction of sp³-hybridized carbons (Fsp3) is 0.522. The van der Waals surface area contributed by atoms with Gasteiger partial charge in [0.15, 0.2) is 0 Å². The first kappa shape index (κ1) is 21.6. The van der Waals surface area contributed by atoms with Crippen LogP contribution in [-0.2, 0) is 29.6 Å². The SMILES string of the molecule is CC[C@@H](Cn1nc2c(cc1=O)CCCCC2)NC(=O)C(C)(C)c1ccc(Cl)cc1. The van der Waals surface area contributed by atoms with Crippen molar-refractivity contribution in [3.05, 3.63) is 62.5 Å². The molecule has 2 aromatic rings. The lowest BCUT2D eigenvalue weighted by Crippen LogP contribution is -2.47. The summed E-state index contributed by atoms with van der Waals surface area (Å²) in [6.45, 7) is 6.18. The van der Waals surface area contributed by atoms with Crippen molar-refractivity contribution in [2.45, 2.75) is 77.3 Å². The monoisotopic (exact) mass is 415 g/mol. The Kier molecular flexibility index (Phi) is 6.78. The summed E-state index contributed by atoms with van der Waals surface area (Å²) in [5.41, 5.74) is 2.23. The Bertz CT molecular complexity index is 919. The van der Waals surface area contributed by atoms with Gasteiger partial charge in [0, 0.05) is 17.1 Å². The second-order valence-electron chi connectivity index (χ2n) is 8.41. The van der Waals surface area contributed by atoms with Crippen molar-refractivity contribution in [2.24, 2.45) is 0 Å². The number of hydrogen-bond donors (Lipinski definition) is 1. The minimum Gasteiger partial charge on any atom is -0.351 e. The molecular formula is C23H30ClN3O2. The summed E-state index contributed by atoms with van der Waals surface area (Å²) < 4.78 is 1.52. The van der Waals surface area contributed by atoms with Gasteiger partial charge < -0.3 is 5.32 Å². The molecule has 1 amide bonds. The molecule has 0 saturated heterocycles. The second kappa shape index (κ2) is 9.12. The van der Waals surface area contributed by atoms with Gasteiger partial charge in [0.25, 0.3) is 5.56 Å². The first-order valence-corrected chi connectivity index (χ1v) is 10.9. The highest BCUT2D eigenvalue weighted by Crippen LogP contribution is 2.25. The number of fused-ring (bicyclic) bond motifs is 1. The van der Waals surface area contributed by atoms with Crippen LogP contribution in [-0.4, -0.2) is 21.7 Å². The van der Waals surface area contributed by atoms with E-state index in [9.17, 15) is 9.59 Å². The zero-order chi connectivity index (χ0) is 21.0. The number of halogens is 1. The number of nitrogens with one attached hydrogen (secondary N) is 1. The Morgan fingerprint density at radius 1 is 1.21 bits per heavy atom. The quantitative estimate of drug-likeness (QED) is 0.724. The van der Waals surface area contributed by atoms with Crippen molar-refractivity contribution in [3.8, 4) is 0 Å². The maximum atomic E-state index is 13.0. The van der Waals surface area contributed by atoms with Gasteiger partial charge in [-0.25, -0.2) is 4.68 Å². The summed E-state index contributed by atoms with van der Waals surface area (Å²) in [4.78, 5) is 25.6. The number of benzene rings is 1. The average molecular weight is 416 g/mol. The van der Waals surface area contributed by atoms with Crippen molar-refractivity contribution >= 4 is 17.5 Å². The Hall–Kier alpha value is -2.14. The van der Waals surface area contributed by atoms with E-state index < -0.39 is 5.41 Å². The molecule has 1 aromatic carbocycles. The minimum absolute atomic E-state index is 0.0746. The molecule has 1 heterocycles. The molecular weight excluding hydrogens is 386 g/mol. The standard InChI is InChI=1S/C23H30ClN3O2/c1-4-19(25-22(29)23(2,3)17-10-12-18(24)13-11-17)15-27-21(28)14-16-8-6-5-7-9-20(16)26-27/h10-14,19H,4-9,15H2,1-3H3,(H,25,29)/t19-/m0/s1. The molecule has 1 aromatic heterocycles. The summed E-state index contributed by atoms with van der Waals surface area (Å²) in [7, 11) is 0. The number of rotatable bonds is 6. The third kappa shape index (κ3) is 5.08. The van der Waals surface area contributed by atoms with Gasteiger partial charge in [-0.15, -0.1) is 0 Å². The van der Waals surface area contributed by atoms with Crippen LogP contribution in [0.15, 0.2) is 35.1 Å². The minimum atomic E-state index is -0.704. The third-order valence-corrected chi connectivity index (χ3v) is 6.13. The molecule has 156 valence electrons. The molecule has 0 unspecified atom stereocenters. The normalized spacial score (nSPS) is 15.3. The molecule has 3 rings (SSSR count). The largest absolute Gasteiger partial charge is 0.351 e. The smallest absolute Gasteiger partial charge is 0.267 e. The molecule has 0 radical (unpaired) electrons. The summed E-state index contributed by atoms with van der Waals surface area (Å²) >= 11 is 5.97. The van der Waals surface area contributed by atoms with Crippen molar-refractivity contribution in [2.75, 3.05) is 0 Å². The van der Waals surface area contributed by atoms with E-state index in [1.165, 1.54) is 11.1 Å². The van der Waals surface area contributed by atoms with Gasteiger partial charge in [-0.3, -0.25) is 9.59 Å². The molecule has 29 heavy (non-hydrogen) atoms. The van der Waals surface area contributed by atoms with Gasteiger partial charge in [0.1, 0.15) is 0 Å². The van der Waals surface area contributed by atoms with Crippen LogP contribution in [0.5, 0.6) is 0 Å². The van der Waals surface area contributed by atoms with Crippen molar-refractivity contribution in [1.29, 1.82) is 0 Å². The van der Waals surface area contributed by atoms with E-state index in [1.54, 1.807) is 18.2 Å². The van der Waals surface area contributed by atoms with Crippen molar-refractivity contribution in [3.63, 3.8) is 0 Å². The van der Waals surface area contributed by atoms with E-state index in [2.05, 4.69) is 10.4 Å². The second-order valence-corrected chi connectivity index (χ2v) is 8.84. The lowest BCUT2D eigenvalue weighted by molar-refractivity contribution is -0.126. The highest BCUT2D eigenvalue weighted by atomic mass is 35.5. The number of aryl methyl sites for hydroxylation is 2. The lowest BCUT2D eigenvalue weighted by Gasteiger charge is -2.28. The predicted octanol–water partition coefficient (Wildman–Crippen LogP) is 4.04. The fourth-order valence-electron chi connectivity index (χ4n) is 3.76. The molecule has 1 aliphatic rings. The molecule has 1 N–H and O–H groups in total. The van der Waals surface area contributed by atoms with Crippen LogP contribution in [0.1, 0.15) is 63.3 Å². The summed E-state index contributed by atoms with van der Waals surface area (Å²) in [6.07, 6.45) is 5.97. The van der Waals surface area contributed by atoms with E-state index in [4.69, 9.17) is 11.6 Å². The Morgan fingerprint density at radius 3 is 2.59 bits per heavy atom. The topological polar surface area (TPSA) is 64.0 Å². The Balaban J connectivity index is 1.75. The first-order valence-electron chi connectivity index (χ1n) is 10.5. The fourth-order valence-corrected chi connectivity index (χ4v) is 3.88. The molecule has 0 fully saturated rings. The molecule has 0 aliphatic heterocycles. The van der Waals surface area contributed by atoms with Gasteiger partial charge in [-0.2, -0.15) is 5.10 Å². The van der Waals surface area contributed by atoms with Crippen LogP contribution in [0, 0.1) is 0 Å². The van der Waals surface area contributed by atoms with Crippen LogP contribution in [0.25, 0.3) is 0 Å². The van der Waals surface area contributed by atoms with Gasteiger partial charge in [0.2, 0.25) is 5.91 Å². The van der Waals surface area contributed by atoms with E-state index in [0.29, 0.717) is 18.0 Å². The van der Waals surface area contributed by atoms with E-state index in [1.807, 2.05) is 32.9 Å². The molecule has 6 heteroatoms. The number of amides is 1. The van der Waals surface area contributed by atoms with Gasteiger partial charge in [0.05, 0.1) is 17.7 Å². The first-order chi connectivity index (χ1) is 13.8. The maximum absolute atomic E-state index is 13.0. The highest BCUT2D eigenvalue weighted by molar-refractivity contribution is 6.30. The average Bonchev–Trinajstić information content (AvgIpc) is 2.92. The zero-order valence-corrected chi connectivity index (χ0v) is 18.3. The molecule has 1 aliphatic carbocycles. The zero-order valence-electron chi connectivity index (χ0n) is 17.5.